The van der Waals surface area contributed by atoms with E-state index in [1.807, 2.05) is 25.1 Å². The van der Waals surface area contributed by atoms with E-state index in [1.165, 1.54) is 6.42 Å². The summed E-state index contributed by atoms with van der Waals surface area (Å²) in [5, 5.41) is 16.4. The summed E-state index contributed by atoms with van der Waals surface area (Å²) in [6.45, 7) is 11.7. The van der Waals surface area contributed by atoms with Crippen molar-refractivity contribution in [1.29, 1.82) is 5.26 Å². The Bertz CT molecular complexity index is 901. The van der Waals surface area contributed by atoms with Gasteiger partial charge in [0.25, 0.3) is 0 Å². The molecule has 2 aromatic rings. The van der Waals surface area contributed by atoms with Gasteiger partial charge in [0, 0.05) is 36.6 Å². The summed E-state index contributed by atoms with van der Waals surface area (Å²) in [6.07, 6.45) is 5.56. The molecule has 0 unspecified atom stereocenters. The average molecular weight is 421 g/mol. The first-order chi connectivity index (χ1) is 15.0. The molecule has 0 radical (unpaired) electrons. The maximum atomic E-state index is 9.35. The van der Waals surface area contributed by atoms with Crippen molar-refractivity contribution in [3.63, 3.8) is 0 Å². The van der Waals surface area contributed by atoms with Crippen LogP contribution in [-0.4, -0.2) is 35.6 Å². The Balaban J connectivity index is 1.82. The molecule has 2 heterocycles. The van der Waals surface area contributed by atoms with Gasteiger partial charge in [-0.05, 0) is 62.8 Å². The van der Waals surface area contributed by atoms with Crippen LogP contribution in [0.25, 0.3) is 0 Å². The lowest BCUT2D eigenvalue weighted by molar-refractivity contribution is 0.398. The van der Waals surface area contributed by atoms with E-state index >= 15 is 0 Å². The molecule has 0 aliphatic carbocycles. The van der Waals surface area contributed by atoms with Gasteiger partial charge in [-0.25, -0.2) is 4.98 Å². The molecule has 1 aliphatic heterocycles. The Kier molecular flexibility index (Phi) is 8.25. The Morgan fingerprint density at radius 1 is 1.26 bits per heavy atom. The molecule has 2 N–H and O–H groups in total. The minimum Gasteiger partial charge on any atom is -0.355 e. The van der Waals surface area contributed by atoms with E-state index in [4.69, 9.17) is 9.97 Å². The van der Waals surface area contributed by atoms with Gasteiger partial charge in [-0.15, -0.1) is 0 Å². The molecule has 1 aromatic carbocycles. The average Bonchev–Trinajstić information content (AvgIpc) is 2.77. The highest BCUT2D eigenvalue weighted by atomic mass is 15.2. The molecule has 0 spiro atoms. The number of piperidine rings is 1. The zero-order valence-electron chi connectivity index (χ0n) is 19.4. The molecule has 1 atom stereocenters. The first-order valence-electron chi connectivity index (χ1n) is 11.6. The first-order valence-corrected chi connectivity index (χ1v) is 11.6. The number of unbranched alkanes of at least 4 members (excludes halogenated alkanes) is 1. The van der Waals surface area contributed by atoms with Crippen LogP contribution >= 0.6 is 0 Å². The predicted molar refractivity (Wildman–Crippen MR) is 128 cm³/mol. The van der Waals surface area contributed by atoms with Crippen molar-refractivity contribution in [1.82, 2.24) is 15.3 Å². The lowest BCUT2D eigenvalue weighted by Crippen LogP contribution is -2.47. The van der Waals surface area contributed by atoms with E-state index < -0.39 is 0 Å². The van der Waals surface area contributed by atoms with Crippen molar-refractivity contribution < 1.29 is 0 Å². The summed E-state index contributed by atoms with van der Waals surface area (Å²) in [5.41, 5.74) is 3.55. The molecule has 166 valence electrons. The van der Waals surface area contributed by atoms with Gasteiger partial charge in [-0.3, -0.25) is 0 Å². The number of anilines is 3. The third-order valence-corrected chi connectivity index (χ3v) is 5.73. The lowest BCUT2D eigenvalue weighted by Gasteiger charge is -2.34. The highest BCUT2D eigenvalue weighted by molar-refractivity contribution is 5.59. The van der Waals surface area contributed by atoms with E-state index in [2.05, 4.69) is 48.4 Å². The highest BCUT2D eigenvalue weighted by Crippen LogP contribution is 2.24. The molecule has 1 saturated heterocycles. The van der Waals surface area contributed by atoms with Crippen molar-refractivity contribution in [2.45, 2.75) is 65.8 Å². The second-order valence-electron chi connectivity index (χ2n) is 9.00. The Morgan fingerprint density at radius 3 is 2.84 bits per heavy atom. The van der Waals surface area contributed by atoms with Gasteiger partial charge in [0.2, 0.25) is 5.95 Å². The maximum absolute atomic E-state index is 9.35. The summed E-state index contributed by atoms with van der Waals surface area (Å²) in [5.74, 6) is 2.25. The minimum absolute atomic E-state index is 0.497. The van der Waals surface area contributed by atoms with Crippen LogP contribution in [0.2, 0.25) is 0 Å². The monoisotopic (exact) mass is 420 g/mol. The van der Waals surface area contributed by atoms with Crippen molar-refractivity contribution in [3.8, 4) is 6.07 Å². The SMILES string of the molecule is CCCCc1cc(N2CCC[C@@H](NCC(C)C)C2)nc(Nc2ccc(C)c(C#N)c2)n1. The van der Waals surface area contributed by atoms with Crippen LogP contribution in [0.1, 0.15) is 63.3 Å². The number of nitrogens with zero attached hydrogens (tertiary/aromatic N) is 4. The van der Waals surface area contributed by atoms with E-state index in [1.54, 1.807) is 0 Å². The number of rotatable bonds is 9. The highest BCUT2D eigenvalue weighted by Gasteiger charge is 2.22. The fourth-order valence-corrected chi connectivity index (χ4v) is 3.89. The smallest absolute Gasteiger partial charge is 0.229 e. The Labute approximate surface area is 187 Å². The number of hydrogen-bond donors (Lipinski definition) is 2. The van der Waals surface area contributed by atoms with Gasteiger partial charge in [0.15, 0.2) is 0 Å². The van der Waals surface area contributed by atoms with Crippen LogP contribution < -0.4 is 15.5 Å². The minimum atomic E-state index is 0.497. The Hall–Kier alpha value is -2.65. The molecule has 0 amide bonds. The molecular formula is C25H36N6. The largest absolute Gasteiger partial charge is 0.355 e. The number of aryl methyl sites for hydroxylation is 2. The molecule has 6 nitrogen and oxygen atoms in total. The lowest BCUT2D eigenvalue weighted by atomic mass is 10.0. The number of aromatic nitrogens is 2. The normalized spacial score (nSPS) is 16.4. The van der Waals surface area contributed by atoms with Crippen LogP contribution in [0.15, 0.2) is 24.3 Å². The molecule has 6 heteroatoms. The molecule has 3 rings (SSSR count). The van der Waals surface area contributed by atoms with Crippen molar-refractivity contribution in [3.05, 3.63) is 41.1 Å². The van der Waals surface area contributed by atoms with Gasteiger partial charge in [-0.1, -0.05) is 33.3 Å². The quantitative estimate of drug-likeness (QED) is 0.597. The van der Waals surface area contributed by atoms with Crippen LogP contribution in [0.5, 0.6) is 0 Å². The summed E-state index contributed by atoms with van der Waals surface area (Å²) >= 11 is 0. The second-order valence-corrected chi connectivity index (χ2v) is 9.00. The van der Waals surface area contributed by atoms with Crippen molar-refractivity contribution in [2.75, 3.05) is 29.9 Å². The van der Waals surface area contributed by atoms with Gasteiger partial charge in [0.1, 0.15) is 5.82 Å². The fourth-order valence-electron chi connectivity index (χ4n) is 3.89. The van der Waals surface area contributed by atoms with Crippen LogP contribution in [0.3, 0.4) is 0 Å². The zero-order chi connectivity index (χ0) is 22.2. The third kappa shape index (κ3) is 6.67. The van der Waals surface area contributed by atoms with E-state index in [0.29, 0.717) is 23.5 Å². The van der Waals surface area contributed by atoms with Gasteiger partial charge in [-0.2, -0.15) is 10.2 Å². The molecule has 1 aliphatic rings. The third-order valence-electron chi connectivity index (χ3n) is 5.73. The number of nitrogens with one attached hydrogen (secondary N) is 2. The summed E-state index contributed by atoms with van der Waals surface area (Å²) < 4.78 is 0. The Morgan fingerprint density at radius 2 is 2.10 bits per heavy atom. The molecule has 1 fully saturated rings. The summed E-state index contributed by atoms with van der Waals surface area (Å²) in [7, 11) is 0. The van der Waals surface area contributed by atoms with E-state index in [9.17, 15) is 5.26 Å². The van der Waals surface area contributed by atoms with E-state index in [-0.39, 0.29) is 0 Å². The standard InChI is InChI=1S/C25H36N6/c1-5-6-8-21-14-24(31-12-7-9-23(17-31)27-16-18(2)3)30-25(28-21)29-22-11-10-19(4)20(13-22)15-26/h10-11,13-14,18,23,27H,5-9,12,16-17H2,1-4H3,(H,28,29,30)/t23-/m1/s1. The number of hydrogen-bond acceptors (Lipinski definition) is 6. The number of benzene rings is 1. The molecular weight excluding hydrogens is 384 g/mol. The van der Waals surface area contributed by atoms with Crippen LogP contribution in [0.4, 0.5) is 17.5 Å². The van der Waals surface area contributed by atoms with Crippen molar-refractivity contribution in [2.24, 2.45) is 5.92 Å². The van der Waals surface area contributed by atoms with Crippen LogP contribution in [-0.2, 0) is 6.42 Å². The van der Waals surface area contributed by atoms with Gasteiger partial charge >= 0.3 is 0 Å². The molecule has 0 bridgehead atoms. The maximum Gasteiger partial charge on any atom is 0.229 e. The summed E-state index contributed by atoms with van der Waals surface area (Å²) in [6, 6.07) is 10.7. The van der Waals surface area contributed by atoms with Gasteiger partial charge in [0.05, 0.1) is 11.6 Å². The number of nitriles is 1. The van der Waals surface area contributed by atoms with Crippen molar-refractivity contribution >= 4 is 17.5 Å². The molecule has 31 heavy (non-hydrogen) atoms. The topological polar surface area (TPSA) is 76.9 Å². The van der Waals surface area contributed by atoms with Gasteiger partial charge < -0.3 is 15.5 Å². The summed E-state index contributed by atoms with van der Waals surface area (Å²) in [4.78, 5) is 12.0. The second kappa shape index (κ2) is 11.1. The predicted octanol–water partition coefficient (Wildman–Crippen LogP) is 4.96. The zero-order valence-corrected chi connectivity index (χ0v) is 19.4. The van der Waals surface area contributed by atoms with E-state index in [0.717, 1.165) is 68.1 Å². The first kappa shape index (κ1) is 23.0. The van der Waals surface area contributed by atoms with Crippen LogP contribution in [0, 0.1) is 24.2 Å². The molecule has 1 aromatic heterocycles. The fraction of sp³-hybridized carbons (Fsp3) is 0.560. The molecule has 0 saturated carbocycles.